The molecule has 158 valence electrons. The standard InChI is InChI=1S/C27H28N2O2/c1-18-19(16-29-27(2,3)20-10-6-5-7-11-20)14-15-24(31-4)25(18)23-17-28-26(30)22-13-9-8-12-21(22)23/h5-15,17,29H,16H2,1-4H3,(H,28,30). The Morgan fingerprint density at radius 2 is 1.61 bits per heavy atom. The van der Waals surface area contributed by atoms with Crippen LogP contribution in [-0.4, -0.2) is 12.1 Å². The second-order valence-corrected chi connectivity index (χ2v) is 8.35. The van der Waals surface area contributed by atoms with E-state index in [1.807, 2.05) is 36.4 Å². The van der Waals surface area contributed by atoms with Crippen LogP contribution in [0.4, 0.5) is 0 Å². The Morgan fingerprint density at radius 1 is 0.935 bits per heavy atom. The molecule has 1 aromatic heterocycles. The van der Waals surface area contributed by atoms with Gasteiger partial charge in [-0.3, -0.25) is 4.79 Å². The molecule has 0 amide bonds. The molecule has 4 nitrogen and oxygen atoms in total. The molecule has 2 N–H and O–H groups in total. The summed E-state index contributed by atoms with van der Waals surface area (Å²) in [6.45, 7) is 7.21. The Kier molecular flexibility index (Phi) is 5.66. The molecule has 0 fully saturated rings. The minimum Gasteiger partial charge on any atom is -0.496 e. The fraction of sp³-hybridized carbons (Fsp3) is 0.222. The SMILES string of the molecule is COc1ccc(CNC(C)(C)c2ccccc2)c(C)c1-c1c[nH]c(=O)c2ccccc12. The van der Waals surface area contributed by atoms with Crippen LogP contribution in [0.3, 0.4) is 0 Å². The third kappa shape index (κ3) is 3.99. The van der Waals surface area contributed by atoms with Crippen molar-refractivity contribution in [3.63, 3.8) is 0 Å². The van der Waals surface area contributed by atoms with Crippen LogP contribution in [0.1, 0.15) is 30.5 Å². The van der Waals surface area contributed by atoms with Crippen molar-refractivity contribution in [1.29, 1.82) is 0 Å². The van der Waals surface area contributed by atoms with E-state index in [0.29, 0.717) is 11.9 Å². The van der Waals surface area contributed by atoms with Crippen molar-refractivity contribution in [3.05, 3.63) is 100.0 Å². The molecular formula is C27H28N2O2. The van der Waals surface area contributed by atoms with Crippen molar-refractivity contribution in [2.75, 3.05) is 7.11 Å². The molecule has 31 heavy (non-hydrogen) atoms. The minimum atomic E-state index is -0.168. The van der Waals surface area contributed by atoms with Gasteiger partial charge in [-0.1, -0.05) is 54.6 Å². The number of H-pyrrole nitrogens is 1. The fourth-order valence-corrected chi connectivity index (χ4v) is 4.12. The highest BCUT2D eigenvalue weighted by molar-refractivity contribution is 5.98. The average molecular weight is 413 g/mol. The van der Waals surface area contributed by atoms with Crippen LogP contribution in [0.5, 0.6) is 5.75 Å². The van der Waals surface area contributed by atoms with Gasteiger partial charge in [-0.05, 0) is 55.0 Å². The summed E-state index contributed by atoms with van der Waals surface area (Å²) in [6, 6.07) is 22.3. The number of fused-ring (bicyclic) bond motifs is 1. The molecule has 1 heterocycles. The van der Waals surface area contributed by atoms with Crippen molar-refractivity contribution < 1.29 is 4.74 Å². The van der Waals surface area contributed by atoms with Crippen LogP contribution >= 0.6 is 0 Å². The summed E-state index contributed by atoms with van der Waals surface area (Å²) in [7, 11) is 1.68. The Hall–Kier alpha value is -3.37. The van der Waals surface area contributed by atoms with Gasteiger partial charge in [0.15, 0.2) is 0 Å². The first-order valence-electron chi connectivity index (χ1n) is 10.5. The molecule has 0 radical (unpaired) electrons. The first kappa shape index (κ1) is 20.9. The van der Waals surface area contributed by atoms with Crippen LogP contribution < -0.4 is 15.6 Å². The third-order valence-corrected chi connectivity index (χ3v) is 6.05. The van der Waals surface area contributed by atoms with Crippen molar-refractivity contribution in [1.82, 2.24) is 10.3 Å². The summed E-state index contributed by atoms with van der Waals surface area (Å²) in [5.74, 6) is 0.792. The second-order valence-electron chi connectivity index (χ2n) is 8.35. The van der Waals surface area contributed by atoms with Gasteiger partial charge in [0.05, 0.1) is 7.11 Å². The largest absolute Gasteiger partial charge is 0.496 e. The van der Waals surface area contributed by atoms with Crippen LogP contribution in [-0.2, 0) is 12.1 Å². The fourth-order valence-electron chi connectivity index (χ4n) is 4.12. The van der Waals surface area contributed by atoms with Crippen LogP contribution in [0.2, 0.25) is 0 Å². The van der Waals surface area contributed by atoms with Crippen LogP contribution in [0, 0.1) is 6.92 Å². The van der Waals surface area contributed by atoms with Gasteiger partial charge in [0.25, 0.3) is 5.56 Å². The number of nitrogens with one attached hydrogen (secondary N) is 2. The maximum Gasteiger partial charge on any atom is 0.255 e. The van der Waals surface area contributed by atoms with E-state index >= 15 is 0 Å². The summed E-state index contributed by atoms with van der Waals surface area (Å²) in [5.41, 5.74) is 5.29. The number of hydrogen-bond acceptors (Lipinski definition) is 3. The zero-order valence-electron chi connectivity index (χ0n) is 18.5. The maximum atomic E-state index is 12.3. The van der Waals surface area contributed by atoms with E-state index in [1.165, 1.54) is 11.1 Å². The molecule has 0 spiro atoms. The Labute approximate surface area is 182 Å². The normalized spacial score (nSPS) is 11.6. The van der Waals surface area contributed by atoms with Gasteiger partial charge in [0, 0.05) is 34.8 Å². The molecule has 4 aromatic rings. The number of benzene rings is 3. The highest BCUT2D eigenvalue weighted by Crippen LogP contribution is 2.38. The minimum absolute atomic E-state index is 0.0848. The van der Waals surface area contributed by atoms with E-state index in [-0.39, 0.29) is 11.1 Å². The summed E-state index contributed by atoms with van der Waals surface area (Å²) < 4.78 is 5.72. The molecule has 4 rings (SSSR count). The van der Waals surface area contributed by atoms with Gasteiger partial charge in [-0.15, -0.1) is 0 Å². The van der Waals surface area contributed by atoms with Gasteiger partial charge in [0.1, 0.15) is 5.75 Å². The predicted octanol–water partition coefficient (Wildman–Crippen LogP) is 5.54. The van der Waals surface area contributed by atoms with Gasteiger partial charge < -0.3 is 15.0 Å². The molecule has 0 unspecified atom stereocenters. The van der Waals surface area contributed by atoms with Gasteiger partial charge in [-0.2, -0.15) is 0 Å². The second kappa shape index (κ2) is 8.40. The number of hydrogen-bond donors (Lipinski definition) is 2. The quantitative estimate of drug-likeness (QED) is 0.437. The first-order valence-corrected chi connectivity index (χ1v) is 10.5. The molecular weight excluding hydrogens is 384 g/mol. The highest BCUT2D eigenvalue weighted by atomic mass is 16.5. The van der Waals surface area contributed by atoms with Crippen molar-refractivity contribution in [2.24, 2.45) is 0 Å². The molecule has 0 aliphatic heterocycles. The lowest BCUT2D eigenvalue weighted by Gasteiger charge is -2.28. The van der Waals surface area contributed by atoms with E-state index in [2.05, 4.69) is 61.4 Å². The molecule has 0 saturated carbocycles. The van der Waals surface area contributed by atoms with Crippen molar-refractivity contribution in [3.8, 4) is 16.9 Å². The lowest BCUT2D eigenvalue weighted by molar-refractivity contribution is 0.399. The van der Waals surface area contributed by atoms with Crippen LogP contribution in [0.25, 0.3) is 21.9 Å². The van der Waals surface area contributed by atoms with Crippen LogP contribution in [0.15, 0.2) is 77.7 Å². The molecule has 4 heteroatoms. The molecule has 3 aromatic carbocycles. The smallest absolute Gasteiger partial charge is 0.255 e. The number of ether oxygens (including phenoxy) is 1. The van der Waals surface area contributed by atoms with Crippen molar-refractivity contribution in [2.45, 2.75) is 32.9 Å². The Balaban J connectivity index is 1.77. The van der Waals surface area contributed by atoms with E-state index in [4.69, 9.17) is 4.74 Å². The topological polar surface area (TPSA) is 54.1 Å². The monoisotopic (exact) mass is 412 g/mol. The zero-order valence-corrected chi connectivity index (χ0v) is 18.5. The number of pyridine rings is 1. The van der Waals surface area contributed by atoms with E-state index in [1.54, 1.807) is 13.3 Å². The van der Waals surface area contributed by atoms with Gasteiger partial charge in [-0.25, -0.2) is 0 Å². The molecule has 0 aliphatic rings. The zero-order chi connectivity index (χ0) is 22.0. The van der Waals surface area contributed by atoms with Gasteiger partial charge >= 0.3 is 0 Å². The molecule has 0 saturated heterocycles. The predicted molar refractivity (Wildman–Crippen MR) is 128 cm³/mol. The van der Waals surface area contributed by atoms with E-state index < -0.39 is 0 Å². The lowest BCUT2D eigenvalue weighted by Crippen LogP contribution is -2.36. The number of aromatic nitrogens is 1. The lowest BCUT2D eigenvalue weighted by atomic mass is 9.91. The summed E-state index contributed by atoms with van der Waals surface area (Å²) in [6.07, 6.45) is 1.79. The Morgan fingerprint density at radius 3 is 2.32 bits per heavy atom. The molecule has 0 atom stereocenters. The number of aromatic amines is 1. The first-order chi connectivity index (χ1) is 14.9. The molecule has 0 aliphatic carbocycles. The summed E-state index contributed by atoms with van der Waals surface area (Å²) >= 11 is 0. The highest BCUT2D eigenvalue weighted by Gasteiger charge is 2.21. The Bertz CT molecular complexity index is 1270. The van der Waals surface area contributed by atoms with E-state index in [9.17, 15) is 4.79 Å². The third-order valence-electron chi connectivity index (χ3n) is 6.05. The van der Waals surface area contributed by atoms with E-state index in [0.717, 1.165) is 27.8 Å². The average Bonchev–Trinajstić information content (AvgIpc) is 2.79. The maximum absolute atomic E-state index is 12.3. The number of methoxy groups -OCH3 is 1. The summed E-state index contributed by atoms with van der Waals surface area (Å²) in [4.78, 5) is 15.2. The summed E-state index contributed by atoms with van der Waals surface area (Å²) in [5, 5.41) is 5.29. The van der Waals surface area contributed by atoms with Crippen molar-refractivity contribution >= 4 is 10.8 Å². The van der Waals surface area contributed by atoms with Gasteiger partial charge in [0.2, 0.25) is 0 Å². The number of rotatable bonds is 6. The molecule has 0 bridgehead atoms.